The quantitative estimate of drug-likeness (QED) is 0.176. The molecular formula is C28H17Cl2NO5. The number of Topliss-reactive ketones (excluding diaryl/α,β-unsaturated/α-hetero) is 1. The molecule has 0 saturated heterocycles. The second-order valence-electron chi connectivity index (χ2n) is 8.28. The summed E-state index contributed by atoms with van der Waals surface area (Å²) >= 11 is 12.1. The van der Waals surface area contributed by atoms with Gasteiger partial charge in [0.25, 0.3) is 11.8 Å². The number of hydrogen-bond donors (Lipinski definition) is 0. The normalized spacial score (nSPS) is 12.7. The number of ketones is 1. The highest BCUT2D eigenvalue weighted by Gasteiger charge is 2.38. The predicted octanol–water partition coefficient (Wildman–Crippen LogP) is 6.30. The summed E-state index contributed by atoms with van der Waals surface area (Å²) in [4.78, 5) is 52.6. The van der Waals surface area contributed by atoms with Gasteiger partial charge in [-0.1, -0.05) is 71.7 Å². The lowest BCUT2D eigenvalue weighted by molar-refractivity contribution is 0.0475. The van der Waals surface area contributed by atoms with Gasteiger partial charge in [-0.05, 0) is 47.5 Å². The highest BCUT2D eigenvalue weighted by Crippen LogP contribution is 2.35. The maximum absolute atomic E-state index is 13.0. The lowest BCUT2D eigenvalue weighted by Crippen LogP contribution is -2.30. The molecule has 0 bridgehead atoms. The van der Waals surface area contributed by atoms with Crippen LogP contribution in [-0.2, 0) is 4.74 Å². The first-order chi connectivity index (χ1) is 17.3. The molecule has 0 N–H and O–H groups in total. The average Bonchev–Trinajstić information content (AvgIpc) is 3.11. The maximum Gasteiger partial charge on any atom is 0.338 e. The van der Waals surface area contributed by atoms with Crippen LogP contribution in [-0.4, -0.2) is 30.2 Å². The predicted molar refractivity (Wildman–Crippen MR) is 137 cm³/mol. The SMILES string of the molecule is Cc1ccc(C(=O)OCC(=O)c2cccc3ccccc23)cc1N1C(=O)c2cc(Cl)c(Cl)cc2C1=O. The van der Waals surface area contributed by atoms with Crippen molar-refractivity contribution in [3.8, 4) is 0 Å². The van der Waals surface area contributed by atoms with Crippen LogP contribution in [0.4, 0.5) is 5.69 Å². The van der Waals surface area contributed by atoms with Gasteiger partial charge in [0.05, 0.1) is 32.4 Å². The summed E-state index contributed by atoms with van der Waals surface area (Å²) < 4.78 is 5.29. The fourth-order valence-electron chi connectivity index (χ4n) is 4.19. The Morgan fingerprint density at radius 1 is 0.833 bits per heavy atom. The first-order valence-electron chi connectivity index (χ1n) is 10.9. The number of esters is 1. The van der Waals surface area contributed by atoms with Crippen LogP contribution in [0.2, 0.25) is 10.0 Å². The fourth-order valence-corrected chi connectivity index (χ4v) is 4.52. The summed E-state index contributed by atoms with van der Waals surface area (Å²) in [5.74, 6) is -2.25. The number of nitrogens with zero attached hydrogens (tertiary/aromatic N) is 1. The number of halogens is 2. The topological polar surface area (TPSA) is 80.8 Å². The van der Waals surface area contributed by atoms with Crippen LogP contribution in [0.15, 0.2) is 72.8 Å². The van der Waals surface area contributed by atoms with E-state index < -0.39 is 24.4 Å². The van der Waals surface area contributed by atoms with Crippen LogP contribution in [0.25, 0.3) is 10.8 Å². The van der Waals surface area contributed by atoms with E-state index in [2.05, 4.69) is 0 Å². The van der Waals surface area contributed by atoms with Gasteiger partial charge in [0.2, 0.25) is 5.78 Å². The molecular weight excluding hydrogens is 501 g/mol. The molecule has 0 atom stereocenters. The highest BCUT2D eigenvalue weighted by atomic mass is 35.5. The van der Waals surface area contributed by atoms with E-state index >= 15 is 0 Å². The van der Waals surface area contributed by atoms with E-state index in [1.165, 1.54) is 24.3 Å². The summed E-state index contributed by atoms with van der Waals surface area (Å²) in [5.41, 5.74) is 1.61. The Kier molecular flexibility index (Phi) is 6.08. The molecule has 1 aliphatic rings. The number of aryl methyl sites for hydroxylation is 1. The first kappa shape index (κ1) is 23.7. The fraction of sp³-hybridized carbons (Fsp3) is 0.0714. The minimum absolute atomic E-state index is 0.0916. The van der Waals surface area contributed by atoms with Crippen molar-refractivity contribution >= 4 is 63.2 Å². The van der Waals surface area contributed by atoms with Gasteiger partial charge in [-0.2, -0.15) is 0 Å². The third-order valence-electron chi connectivity index (χ3n) is 6.04. The molecule has 2 amide bonds. The van der Waals surface area contributed by atoms with Gasteiger partial charge in [0, 0.05) is 5.56 Å². The molecule has 0 aromatic heterocycles. The Bertz CT molecular complexity index is 1570. The second-order valence-corrected chi connectivity index (χ2v) is 9.10. The summed E-state index contributed by atoms with van der Waals surface area (Å²) in [5, 5.41) is 1.98. The molecule has 1 heterocycles. The molecule has 8 heteroatoms. The number of benzene rings is 4. The Hall–Kier alpha value is -4.00. The Morgan fingerprint density at radius 2 is 1.47 bits per heavy atom. The smallest absolute Gasteiger partial charge is 0.338 e. The van der Waals surface area contributed by atoms with Crippen molar-refractivity contribution in [1.29, 1.82) is 0 Å². The number of hydrogen-bond acceptors (Lipinski definition) is 5. The van der Waals surface area contributed by atoms with Crippen molar-refractivity contribution in [2.75, 3.05) is 11.5 Å². The summed E-state index contributed by atoms with van der Waals surface area (Å²) in [6.45, 7) is 1.25. The summed E-state index contributed by atoms with van der Waals surface area (Å²) in [6, 6.07) is 20.0. The Balaban J connectivity index is 1.38. The Morgan fingerprint density at radius 3 is 2.17 bits per heavy atom. The van der Waals surface area contributed by atoms with Crippen LogP contribution in [0.5, 0.6) is 0 Å². The van der Waals surface area contributed by atoms with Crippen molar-refractivity contribution in [2.45, 2.75) is 6.92 Å². The van der Waals surface area contributed by atoms with E-state index in [1.54, 1.807) is 25.1 Å². The largest absolute Gasteiger partial charge is 0.454 e. The zero-order valence-electron chi connectivity index (χ0n) is 18.9. The molecule has 4 aromatic carbocycles. The van der Waals surface area contributed by atoms with Crippen molar-refractivity contribution in [1.82, 2.24) is 0 Å². The maximum atomic E-state index is 13.0. The number of anilines is 1. The minimum atomic E-state index is -0.757. The molecule has 5 rings (SSSR count). The van der Waals surface area contributed by atoms with Crippen molar-refractivity contribution in [3.63, 3.8) is 0 Å². The van der Waals surface area contributed by atoms with Gasteiger partial charge in [0.15, 0.2) is 6.61 Å². The van der Waals surface area contributed by atoms with E-state index in [1.807, 2.05) is 30.3 Å². The van der Waals surface area contributed by atoms with Gasteiger partial charge in [-0.25, -0.2) is 9.69 Å². The summed E-state index contributed by atoms with van der Waals surface area (Å²) in [7, 11) is 0. The van der Waals surface area contributed by atoms with E-state index in [0.717, 1.165) is 15.7 Å². The standard InChI is InChI=1S/C28H17Cl2NO5/c1-15-9-10-17(11-24(15)31-26(33)20-12-22(29)23(30)13-21(20)27(31)34)28(35)36-14-25(32)19-8-4-6-16-5-2-3-7-18(16)19/h2-13H,14H2,1H3. The number of rotatable bonds is 5. The number of imide groups is 1. The molecule has 6 nitrogen and oxygen atoms in total. The molecule has 0 fully saturated rings. The van der Waals surface area contributed by atoms with E-state index in [9.17, 15) is 19.2 Å². The van der Waals surface area contributed by atoms with Gasteiger partial charge >= 0.3 is 5.97 Å². The number of carbonyl (C=O) groups is 4. The van der Waals surface area contributed by atoms with Crippen LogP contribution >= 0.6 is 23.2 Å². The lowest BCUT2D eigenvalue weighted by atomic mass is 10.0. The molecule has 0 saturated carbocycles. The van der Waals surface area contributed by atoms with E-state index in [4.69, 9.17) is 27.9 Å². The lowest BCUT2D eigenvalue weighted by Gasteiger charge is -2.17. The van der Waals surface area contributed by atoms with Gasteiger partial charge in [-0.15, -0.1) is 0 Å². The third kappa shape index (κ3) is 4.04. The summed E-state index contributed by atoms with van der Waals surface area (Å²) in [6.07, 6.45) is 0. The van der Waals surface area contributed by atoms with Crippen molar-refractivity contribution in [2.24, 2.45) is 0 Å². The molecule has 0 radical (unpaired) electrons. The molecule has 4 aromatic rings. The van der Waals surface area contributed by atoms with Gasteiger partial charge < -0.3 is 4.74 Å². The average molecular weight is 518 g/mol. The first-order valence-corrected chi connectivity index (χ1v) is 11.7. The molecule has 178 valence electrons. The number of carbonyl (C=O) groups excluding carboxylic acids is 4. The second kappa shape index (κ2) is 9.22. The van der Waals surface area contributed by atoms with Crippen LogP contribution < -0.4 is 4.90 Å². The zero-order valence-corrected chi connectivity index (χ0v) is 20.4. The number of amides is 2. The van der Waals surface area contributed by atoms with E-state index in [-0.39, 0.29) is 38.2 Å². The minimum Gasteiger partial charge on any atom is -0.454 e. The van der Waals surface area contributed by atoms with E-state index in [0.29, 0.717) is 11.1 Å². The molecule has 0 spiro atoms. The third-order valence-corrected chi connectivity index (χ3v) is 6.76. The molecule has 1 aliphatic heterocycles. The van der Waals surface area contributed by atoms with Crippen molar-refractivity contribution < 1.29 is 23.9 Å². The number of ether oxygens (including phenoxy) is 1. The highest BCUT2D eigenvalue weighted by molar-refractivity contribution is 6.44. The van der Waals surface area contributed by atoms with Crippen molar-refractivity contribution in [3.05, 3.63) is 111 Å². The molecule has 0 aliphatic carbocycles. The Labute approximate surface area is 216 Å². The number of fused-ring (bicyclic) bond motifs is 2. The van der Waals surface area contributed by atoms with Crippen LogP contribution in [0, 0.1) is 6.92 Å². The monoisotopic (exact) mass is 517 g/mol. The van der Waals surface area contributed by atoms with Gasteiger partial charge in [-0.3, -0.25) is 14.4 Å². The van der Waals surface area contributed by atoms with Crippen LogP contribution in [0.3, 0.4) is 0 Å². The molecule has 0 unspecified atom stereocenters. The van der Waals surface area contributed by atoms with Gasteiger partial charge in [0.1, 0.15) is 0 Å². The molecule has 36 heavy (non-hydrogen) atoms. The van der Waals surface area contributed by atoms with Crippen LogP contribution in [0.1, 0.15) is 47.0 Å². The zero-order chi connectivity index (χ0) is 25.6.